The van der Waals surface area contributed by atoms with Gasteiger partial charge in [0, 0.05) is 24.7 Å². The van der Waals surface area contributed by atoms with Gasteiger partial charge >= 0.3 is 0 Å². The zero-order valence-electron chi connectivity index (χ0n) is 7.55. The van der Waals surface area contributed by atoms with Gasteiger partial charge in [-0.05, 0) is 12.1 Å². The van der Waals surface area contributed by atoms with E-state index in [2.05, 4.69) is 10.3 Å². The first kappa shape index (κ1) is 8.59. The molecule has 1 saturated heterocycles. The third kappa shape index (κ3) is 1.68. The minimum atomic E-state index is 0.158. The highest BCUT2D eigenvalue weighted by Gasteiger charge is 2.36. The molecule has 0 atom stereocenters. The van der Waals surface area contributed by atoms with Crippen LogP contribution in [0.3, 0.4) is 0 Å². The number of hydrogen-bond acceptors (Lipinski definition) is 3. The summed E-state index contributed by atoms with van der Waals surface area (Å²) in [5, 5.41) is 3.30. The molecule has 0 bridgehead atoms. The first-order valence-corrected chi connectivity index (χ1v) is 4.50. The van der Waals surface area contributed by atoms with Crippen molar-refractivity contribution >= 4 is 5.82 Å². The molecule has 1 aliphatic heterocycles. The predicted molar refractivity (Wildman–Crippen MR) is 51.6 cm³/mol. The number of ether oxygens (including phenoxy) is 1. The van der Waals surface area contributed by atoms with Crippen LogP contribution in [0.2, 0.25) is 0 Å². The van der Waals surface area contributed by atoms with Gasteiger partial charge in [0.15, 0.2) is 0 Å². The maximum absolute atomic E-state index is 5.68. The molecule has 0 aromatic carbocycles. The zero-order chi connectivity index (χ0) is 9.15. The van der Waals surface area contributed by atoms with Crippen molar-refractivity contribution in [3.8, 4) is 0 Å². The number of aromatic amines is 1. The summed E-state index contributed by atoms with van der Waals surface area (Å²) in [5.41, 5.74) is 5.84. The summed E-state index contributed by atoms with van der Waals surface area (Å²) in [6.07, 6.45) is 1.90. The molecule has 4 N–H and O–H groups in total. The van der Waals surface area contributed by atoms with Crippen molar-refractivity contribution in [1.29, 1.82) is 0 Å². The lowest BCUT2D eigenvalue weighted by atomic mass is 9.86. The number of nitrogens with two attached hydrogens (primary N) is 1. The van der Waals surface area contributed by atoms with Crippen molar-refractivity contribution in [2.45, 2.75) is 0 Å². The molecule has 0 amide bonds. The molecular weight excluding hydrogens is 166 g/mol. The maximum atomic E-state index is 5.68. The average Bonchev–Trinajstić information content (AvgIpc) is 2.56. The Kier molecular flexibility index (Phi) is 2.24. The van der Waals surface area contributed by atoms with Gasteiger partial charge in [0.1, 0.15) is 5.82 Å². The van der Waals surface area contributed by atoms with Crippen LogP contribution in [0.1, 0.15) is 0 Å². The van der Waals surface area contributed by atoms with Gasteiger partial charge in [-0.15, -0.1) is 0 Å². The molecule has 1 aromatic heterocycles. The van der Waals surface area contributed by atoms with Gasteiger partial charge in [0.05, 0.1) is 13.2 Å². The predicted octanol–water partition coefficient (Wildman–Crippen LogP) is 0.402. The SMILES string of the molecule is NCC1(CNc2ccc[nH]2)COC1. The Morgan fingerprint density at radius 1 is 1.62 bits per heavy atom. The number of H-pyrrole nitrogens is 1. The van der Waals surface area contributed by atoms with Crippen molar-refractivity contribution in [1.82, 2.24) is 4.98 Å². The highest BCUT2D eigenvalue weighted by atomic mass is 16.5. The molecule has 1 fully saturated rings. The highest BCUT2D eigenvalue weighted by Crippen LogP contribution is 2.26. The van der Waals surface area contributed by atoms with E-state index in [-0.39, 0.29) is 5.41 Å². The van der Waals surface area contributed by atoms with Crippen molar-refractivity contribution < 1.29 is 4.74 Å². The summed E-state index contributed by atoms with van der Waals surface area (Å²) < 4.78 is 5.17. The summed E-state index contributed by atoms with van der Waals surface area (Å²) in [4.78, 5) is 3.09. The monoisotopic (exact) mass is 181 g/mol. The molecular formula is C9H15N3O. The van der Waals surface area contributed by atoms with E-state index in [9.17, 15) is 0 Å². The fraction of sp³-hybridized carbons (Fsp3) is 0.556. The molecule has 0 spiro atoms. The maximum Gasteiger partial charge on any atom is 0.103 e. The van der Waals surface area contributed by atoms with E-state index in [1.807, 2.05) is 18.3 Å². The normalized spacial score (nSPS) is 19.5. The van der Waals surface area contributed by atoms with Gasteiger partial charge in [-0.25, -0.2) is 0 Å². The second-order valence-corrected chi connectivity index (χ2v) is 3.63. The first-order valence-electron chi connectivity index (χ1n) is 4.50. The molecule has 1 aliphatic rings. The summed E-state index contributed by atoms with van der Waals surface area (Å²) >= 11 is 0. The van der Waals surface area contributed by atoms with Crippen LogP contribution < -0.4 is 11.1 Å². The summed E-state index contributed by atoms with van der Waals surface area (Å²) in [6, 6.07) is 3.97. The van der Waals surface area contributed by atoms with Gasteiger partial charge in [0.25, 0.3) is 0 Å². The van der Waals surface area contributed by atoms with E-state index < -0.39 is 0 Å². The minimum Gasteiger partial charge on any atom is -0.380 e. The smallest absolute Gasteiger partial charge is 0.103 e. The van der Waals surface area contributed by atoms with Crippen molar-refractivity contribution in [3.05, 3.63) is 18.3 Å². The lowest BCUT2D eigenvalue weighted by molar-refractivity contribution is -0.0979. The largest absolute Gasteiger partial charge is 0.380 e. The Morgan fingerprint density at radius 2 is 2.46 bits per heavy atom. The standard InChI is InChI=1S/C9H15N3O/c10-4-9(6-13-7-9)5-12-8-2-1-3-11-8/h1-3,11-12H,4-7,10H2. The zero-order valence-corrected chi connectivity index (χ0v) is 7.55. The molecule has 0 aliphatic carbocycles. The van der Waals surface area contributed by atoms with Crippen LogP contribution in [0.25, 0.3) is 0 Å². The van der Waals surface area contributed by atoms with E-state index in [1.165, 1.54) is 0 Å². The summed E-state index contributed by atoms with van der Waals surface area (Å²) in [6.45, 7) is 3.11. The van der Waals surface area contributed by atoms with Crippen LogP contribution in [-0.2, 0) is 4.74 Å². The second-order valence-electron chi connectivity index (χ2n) is 3.63. The first-order chi connectivity index (χ1) is 6.35. The van der Waals surface area contributed by atoms with Crippen LogP contribution in [0, 0.1) is 5.41 Å². The van der Waals surface area contributed by atoms with Crippen LogP contribution in [0.15, 0.2) is 18.3 Å². The van der Waals surface area contributed by atoms with Crippen molar-refractivity contribution in [2.75, 3.05) is 31.6 Å². The number of nitrogens with one attached hydrogen (secondary N) is 2. The van der Waals surface area contributed by atoms with Gasteiger partial charge in [-0.1, -0.05) is 0 Å². The highest BCUT2D eigenvalue weighted by molar-refractivity contribution is 5.34. The molecule has 4 nitrogen and oxygen atoms in total. The third-order valence-electron chi connectivity index (χ3n) is 2.50. The molecule has 0 unspecified atom stereocenters. The number of aromatic nitrogens is 1. The molecule has 1 aromatic rings. The fourth-order valence-electron chi connectivity index (χ4n) is 1.41. The molecule has 13 heavy (non-hydrogen) atoms. The van der Waals surface area contributed by atoms with E-state index in [1.54, 1.807) is 0 Å². The lowest BCUT2D eigenvalue weighted by Crippen LogP contribution is -2.52. The topological polar surface area (TPSA) is 63.1 Å². The van der Waals surface area contributed by atoms with Gasteiger partial charge in [-0.3, -0.25) is 0 Å². The van der Waals surface area contributed by atoms with E-state index >= 15 is 0 Å². The molecule has 0 saturated carbocycles. The number of hydrogen-bond donors (Lipinski definition) is 3. The van der Waals surface area contributed by atoms with Crippen LogP contribution in [0.4, 0.5) is 5.82 Å². The molecule has 2 rings (SSSR count). The molecule has 72 valence electrons. The Morgan fingerprint density at radius 3 is 2.92 bits per heavy atom. The van der Waals surface area contributed by atoms with Crippen LogP contribution >= 0.6 is 0 Å². The van der Waals surface area contributed by atoms with E-state index in [0.29, 0.717) is 6.54 Å². The summed E-state index contributed by atoms with van der Waals surface area (Å²) in [5.74, 6) is 1.04. The molecule has 2 heterocycles. The minimum absolute atomic E-state index is 0.158. The lowest BCUT2D eigenvalue weighted by Gasteiger charge is -2.40. The Bertz CT molecular complexity index is 248. The quantitative estimate of drug-likeness (QED) is 0.630. The van der Waals surface area contributed by atoms with Crippen molar-refractivity contribution in [3.63, 3.8) is 0 Å². The Balaban J connectivity index is 1.84. The van der Waals surface area contributed by atoms with E-state index in [4.69, 9.17) is 10.5 Å². The number of anilines is 1. The third-order valence-corrected chi connectivity index (χ3v) is 2.50. The molecule has 4 heteroatoms. The van der Waals surface area contributed by atoms with Gasteiger partial charge < -0.3 is 20.8 Å². The average molecular weight is 181 g/mol. The second kappa shape index (κ2) is 3.40. The Labute approximate surface area is 77.5 Å². The van der Waals surface area contributed by atoms with E-state index in [0.717, 1.165) is 25.6 Å². The molecule has 0 radical (unpaired) electrons. The van der Waals surface area contributed by atoms with Crippen LogP contribution in [0.5, 0.6) is 0 Å². The Hall–Kier alpha value is -1.00. The number of rotatable bonds is 4. The summed E-state index contributed by atoms with van der Waals surface area (Å²) in [7, 11) is 0. The van der Waals surface area contributed by atoms with Gasteiger partial charge in [-0.2, -0.15) is 0 Å². The van der Waals surface area contributed by atoms with Crippen LogP contribution in [-0.4, -0.2) is 31.3 Å². The fourth-order valence-corrected chi connectivity index (χ4v) is 1.41. The van der Waals surface area contributed by atoms with Crippen molar-refractivity contribution in [2.24, 2.45) is 11.1 Å². The van der Waals surface area contributed by atoms with Gasteiger partial charge in [0.2, 0.25) is 0 Å².